The first-order valence-corrected chi connectivity index (χ1v) is 15.5. The van der Waals surface area contributed by atoms with Crippen molar-refractivity contribution in [2.24, 2.45) is 0 Å². The lowest BCUT2D eigenvalue weighted by Crippen LogP contribution is -1.95. The van der Waals surface area contributed by atoms with Crippen molar-refractivity contribution in [2.45, 2.75) is 0 Å². The summed E-state index contributed by atoms with van der Waals surface area (Å²) in [5.41, 5.74) is 8.66. The first kappa shape index (κ1) is 25.1. The smallest absolute Gasteiger partial charge is 0.164 e. The number of aromatic nitrogens is 3. The topological polar surface area (TPSA) is 43.9 Å². The maximum atomic E-state index is 7.06. The highest BCUT2D eigenvalue weighted by Gasteiger charge is 2.22. The van der Waals surface area contributed by atoms with Crippen LogP contribution in [0.2, 0.25) is 0 Å². The summed E-state index contributed by atoms with van der Waals surface area (Å²) in [6, 6.07) is 52.9. The van der Waals surface area contributed by atoms with Crippen LogP contribution in [0.5, 0.6) is 0 Å². The zero-order valence-corrected chi connectivity index (χ0v) is 24.7. The van der Waals surface area contributed by atoms with Gasteiger partial charge < -0.3 is 8.98 Å². The molecule has 0 saturated carbocycles. The van der Waals surface area contributed by atoms with Gasteiger partial charge in [0.05, 0.1) is 33.5 Å². The maximum Gasteiger partial charge on any atom is 0.164 e. The minimum absolute atomic E-state index is 0.644. The van der Waals surface area contributed by atoms with Gasteiger partial charge in [0.2, 0.25) is 0 Å². The molecule has 0 atom stereocenters. The third-order valence-corrected chi connectivity index (χ3v) is 9.18. The molecule has 0 fully saturated rings. The van der Waals surface area contributed by atoms with Crippen molar-refractivity contribution in [1.82, 2.24) is 14.5 Å². The number of benzene rings is 7. The highest BCUT2D eigenvalue weighted by molar-refractivity contribution is 6.23. The average molecular weight is 588 g/mol. The van der Waals surface area contributed by atoms with Crippen LogP contribution in [-0.4, -0.2) is 14.5 Å². The minimum Gasteiger partial charge on any atom is -0.453 e. The van der Waals surface area contributed by atoms with Gasteiger partial charge in [-0.15, -0.1) is 0 Å². The maximum absolute atomic E-state index is 7.06. The molecule has 0 unspecified atom stereocenters. The van der Waals surface area contributed by atoms with E-state index in [0.29, 0.717) is 5.82 Å². The van der Waals surface area contributed by atoms with E-state index in [-0.39, 0.29) is 0 Å². The van der Waals surface area contributed by atoms with Crippen molar-refractivity contribution < 1.29 is 4.42 Å². The summed E-state index contributed by atoms with van der Waals surface area (Å²) >= 11 is 0. The summed E-state index contributed by atoms with van der Waals surface area (Å²) < 4.78 is 9.39. The SMILES string of the molecule is c1ccc(-c2nc(-c3cc4ccccc4c4c3oc3c(-n5c6ccccc6c6ccccc65)cccc34)nc3ccccc23)cc1. The predicted octanol–water partition coefficient (Wildman–Crippen LogP) is 11.1. The summed E-state index contributed by atoms with van der Waals surface area (Å²) in [6.07, 6.45) is 0. The summed E-state index contributed by atoms with van der Waals surface area (Å²) in [5.74, 6) is 0.644. The Hall–Kier alpha value is -6.26. The van der Waals surface area contributed by atoms with Crippen LogP contribution >= 0.6 is 0 Å². The largest absolute Gasteiger partial charge is 0.453 e. The lowest BCUT2D eigenvalue weighted by molar-refractivity contribution is 0.667. The molecule has 10 rings (SSSR count). The molecule has 0 saturated heterocycles. The highest BCUT2D eigenvalue weighted by Crippen LogP contribution is 2.44. The lowest BCUT2D eigenvalue weighted by Gasteiger charge is -2.11. The highest BCUT2D eigenvalue weighted by atomic mass is 16.3. The molecule has 214 valence electrons. The van der Waals surface area contributed by atoms with Crippen molar-refractivity contribution in [1.29, 1.82) is 0 Å². The van der Waals surface area contributed by atoms with E-state index in [1.807, 2.05) is 18.2 Å². The van der Waals surface area contributed by atoms with Crippen LogP contribution in [0.25, 0.3) is 93.8 Å². The van der Waals surface area contributed by atoms with Gasteiger partial charge in [0.1, 0.15) is 5.58 Å². The number of fused-ring (bicyclic) bond motifs is 9. The molecule has 4 heteroatoms. The van der Waals surface area contributed by atoms with Crippen LogP contribution in [0, 0.1) is 0 Å². The molecule has 3 heterocycles. The van der Waals surface area contributed by atoms with Crippen molar-refractivity contribution in [3.63, 3.8) is 0 Å². The molecule has 4 nitrogen and oxygen atoms in total. The predicted molar refractivity (Wildman–Crippen MR) is 190 cm³/mol. The van der Waals surface area contributed by atoms with Gasteiger partial charge in [-0.3, -0.25) is 0 Å². The van der Waals surface area contributed by atoms with E-state index in [1.54, 1.807) is 0 Å². The molecule has 0 N–H and O–H groups in total. The molecule has 0 amide bonds. The van der Waals surface area contributed by atoms with Crippen LogP contribution in [0.1, 0.15) is 0 Å². The van der Waals surface area contributed by atoms with Gasteiger partial charge >= 0.3 is 0 Å². The van der Waals surface area contributed by atoms with E-state index >= 15 is 0 Å². The Morgan fingerprint density at radius 2 is 1.11 bits per heavy atom. The Morgan fingerprint density at radius 3 is 1.89 bits per heavy atom. The third kappa shape index (κ3) is 3.55. The van der Waals surface area contributed by atoms with Gasteiger partial charge in [-0.25, -0.2) is 9.97 Å². The molecular weight excluding hydrogens is 562 g/mol. The van der Waals surface area contributed by atoms with Crippen LogP contribution in [-0.2, 0) is 0 Å². The fourth-order valence-electron chi connectivity index (χ4n) is 7.17. The second-order valence-electron chi connectivity index (χ2n) is 11.8. The molecule has 7 aromatic carbocycles. The fraction of sp³-hybridized carbons (Fsp3) is 0. The number of para-hydroxylation sites is 4. The zero-order valence-electron chi connectivity index (χ0n) is 24.7. The average Bonchev–Trinajstić information content (AvgIpc) is 3.68. The summed E-state index contributed by atoms with van der Waals surface area (Å²) in [4.78, 5) is 10.4. The Kier molecular flexibility index (Phi) is 5.25. The zero-order chi connectivity index (χ0) is 30.2. The van der Waals surface area contributed by atoms with Gasteiger partial charge in [-0.1, -0.05) is 121 Å². The number of furan rings is 1. The van der Waals surface area contributed by atoms with E-state index in [2.05, 4.69) is 138 Å². The van der Waals surface area contributed by atoms with E-state index in [1.165, 1.54) is 10.8 Å². The molecule has 46 heavy (non-hydrogen) atoms. The van der Waals surface area contributed by atoms with Gasteiger partial charge in [-0.2, -0.15) is 0 Å². The van der Waals surface area contributed by atoms with E-state index in [4.69, 9.17) is 14.4 Å². The Balaban J connectivity index is 1.34. The number of rotatable bonds is 3. The number of hydrogen-bond donors (Lipinski definition) is 0. The lowest BCUT2D eigenvalue weighted by atomic mass is 9.99. The summed E-state index contributed by atoms with van der Waals surface area (Å²) in [5, 5.41) is 7.86. The first-order chi connectivity index (χ1) is 22.8. The number of hydrogen-bond acceptors (Lipinski definition) is 3. The van der Waals surface area contributed by atoms with Gasteiger partial charge in [0.15, 0.2) is 11.4 Å². The van der Waals surface area contributed by atoms with Crippen molar-refractivity contribution in [2.75, 3.05) is 0 Å². The molecule has 0 aliphatic carbocycles. The molecule has 10 aromatic rings. The van der Waals surface area contributed by atoms with Crippen molar-refractivity contribution in [3.8, 4) is 28.3 Å². The van der Waals surface area contributed by atoms with E-state index < -0.39 is 0 Å². The third-order valence-electron chi connectivity index (χ3n) is 9.18. The Bertz CT molecular complexity index is 2760. The Morgan fingerprint density at radius 1 is 0.478 bits per heavy atom. The molecule has 0 aliphatic rings. The van der Waals surface area contributed by atoms with Crippen molar-refractivity contribution in [3.05, 3.63) is 152 Å². The molecule has 0 bridgehead atoms. The first-order valence-electron chi connectivity index (χ1n) is 15.5. The van der Waals surface area contributed by atoms with Gasteiger partial charge in [0, 0.05) is 32.5 Å². The molecular formula is C42H25N3O. The summed E-state index contributed by atoms with van der Waals surface area (Å²) in [7, 11) is 0. The quantitative estimate of drug-likeness (QED) is 0.207. The second kappa shape index (κ2) is 9.62. The Labute approximate surface area is 263 Å². The molecule has 0 radical (unpaired) electrons. The van der Waals surface area contributed by atoms with Gasteiger partial charge in [-0.05, 0) is 41.1 Å². The molecule has 3 aromatic heterocycles. The normalized spacial score (nSPS) is 11.9. The van der Waals surface area contributed by atoms with Gasteiger partial charge in [0.25, 0.3) is 0 Å². The van der Waals surface area contributed by atoms with Crippen LogP contribution in [0.4, 0.5) is 0 Å². The van der Waals surface area contributed by atoms with E-state index in [0.717, 1.165) is 77.2 Å². The van der Waals surface area contributed by atoms with Crippen LogP contribution < -0.4 is 0 Å². The van der Waals surface area contributed by atoms with E-state index in [9.17, 15) is 0 Å². The standard InChI is InChI=1S/C42H25N3O/c1-2-13-26(14-3-1)39-31-19-6-9-21-34(31)43-42(44-39)33-25-27-15-4-5-16-28(27)38-32-20-12-24-37(40(32)46-41(33)38)45-35-22-10-7-17-29(35)30-18-8-11-23-36(30)45/h1-25H. The van der Waals surface area contributed by atoms with Crippen molar-refractivity contribution >= 4 is 65.4 Å². The minimum atomic E-state index is 0.644. The van der Waals surface area contributed by atoms with Crippen LogP contribution in [0.15, 0.2) is 156 Å². The summed E-state index contributed by atoms with van der Waals surface area (Å²) in [6.45, 7) is 0. The monoisotopic (exact) mass is 587 g/mol. The molecule has 0 spiro atoms. The number of nitrogens with zero attached hydrogens (tertiary/aromatic N) is 3. The molecule has 0 aliphatic heterocycles. The fourth-order valence-corrected chi connectivity index (χ4v) is 7.17. The second-order valence-corrected chi connectivity index (χ2v) is 11.8. The van der Waals surface area contributed by atoms with Crippen LogP contribution in [0.3, 0.4) is 0 Å².